The number of hydrogen-bond acceptors (Lipinski definition) is 4. The zero-order valence-electron chi connectivity index (χ0n) is 12.3. The molecule has 1 aliphatic rings. The number of carbonyl (C=O) groups is 2. The highest BCUT2D eigenvalue weighted by atomic mass is 35.5. The summed E-state index contributed by atoms with van der Waals surface area (Å²) in [6.45, 7) is 2.51. The van der Waals surface area contributed by atoms with E-state index in [1.807, 2.05) is 5.38 Å². The summed E-state index contributed by atoms with van der Waals surface area (Å²) in [6, 6.07) is 8.41. The van der Waals surface area contributed by atoms with E-state index in [9.17, 15) is 9.59 Å². The Morgan fingerprint density at radius 3 is 2.74 bits per heavy atom. The van der Waals surface area contributed by atoms with Crippen molar-refractivity contribution in [1.82, 2.24) is 10.6 Å². The Kier molecular flexibility index (Phi) is 4.95. The van der Waals surface area contributed by atoms with E-state index >= 15 is 0 Å². The molecule has 0 saturated carbocycles. The molecule has 1 saturated heterocycles. The van der Waals surface area contributed by atoms with E-state index in [1.54, 1.807) is 30.3 Å². The van der Waals surface area contributed by atoms with Gasteiger partial charge in [0.25, 0.3) is 11.8 Å². The largest absolute Gasteiger partial charge is 0.352 e. The molecule has 1 fully saturated rings. The van der Waals surface area contributed by atoms with Crippen molar-refractivity contribution in [2.24, 2.45) is 5.92 Å². The highest BCUT2D eigenvalue weighted by molar-refractivity contribution is 7.12. The Morgan fingerprint density at radius 2 is 2.09 bits per heavy atom. The summed E-state index contributed by atoms with van der Waals surface area (Å²) in [4.78, 5) is 24.9. The third-order valence-corrected chi connectivity index (χ3v) is 4.84. The van der Waals surface area contributed by atoms with Gasteiger partial charge in [-0.25, -0.2) is 0 Å². The first kappa shape index (κ1) is 16.0. The molecule has 5 nitrogen and oxygen atoms in total. The number of halogens is 1. The molecule has 0 atom stereocenters. The van der Waals surface area contributed by atoms with E-state index < -0.39 is 0 Å². The predicted molar refractivity (Wildman–Crippen MR) is 92.4 cm³/mol. The summed E-state index contributed by atoms with van der Waals surface area (Å²) >= 11 is 7.46. The minimum Gasteiger partial charge on any atom is -0.352 e. The lowest BCUT2D eigenvalue weighted by Crippen LogP contribution is -2.48. The maximum absolute atomic E-state index is 12.2. The Morgan fingerprint density at radius 1 is 1.26 bits per heavy atom. The van der Waals surface area contributed by atoms with Gasteiger partial charge in [0.2, 0.25) is 0 Å². The van der Waals surface area contributed by atoms with Gasteiger partial charge in [0.15, 0.2) is 0 Å². The fraction of sp³-hybridized carbons (Fsp3) is 0.250. The summed E-state index contributed by atoms with van der Waals surface area (Å²) in [5, 5.41) is 11.0. The Hall–Kier alpha value is -1.89. The van der Waals surface area contributed by atoms with Gasteiger partial charge in [-0.2, -0.15) is 0 Å². The van der Waals surface area contributed by atoms with Crippen molar-refractivity contribution in [2.45, 2.75) is 0 Å². The minimum atomic E-state index is -0.236. The first-order chi connectivity index (χ1) is 11.1. The highest BCUT2D eigenvalue weighted by Gasteiger charge is 2.18. The van der Waals surface area contributed by atoms with Crippen LogP contribution in [-0.2, 0) is 0 Å². The lowest BCUT2D eigenvalue weighted by molar-refractivity contribution is 0.0941. The third-order valence-electron chi connectivity index (χ3n) is 3.64. The summed E-state index contributed by atoms with van der Waals surface area (Å²) < 4.78 is 0. The van der Waals surface area contributed by atoms with Gasteiger partial charge in [0, 0.05) is 31.1 Å². The van der Waals surface area contributed by atoms with Crippen LogP contribution in [0.25, 0.3) is 0 Å². The Bertz CT molecular complexity index is 714. The fourth-order valence-corrected chi connectivity index (χ4v) is 2.97. The number of rotatable bonds is 5. The third kappa shape index (κ3) is 3.90. The summed E-state index contributed by atoms with van der Waals surface area (Å²) in [5.74, 6) is 0.0874. The van der Waals surface area contributed by atoms with Gasteiger partial charge >= 0.3 is 0 Å². The molecule has 2 amide bonds. The number of nitrogens with one attached hydrogen (secondary N) is 3. The van der Waals surface area contributed by atoms with Crippen molar-refractivity contribution < 1.29 is 9.59 Å². The maximum atomic E-state index is 12.2. The van der Waals surface area contributed by atoms with Crippen molar-refractivity contribution >= 4 is 40.4 Å². The molecule has 0 radical (unpaired) electrons. The van der Waals surface area contributed by atoms with Crippen LogP contribution in [-0.4, -0.2) is 31.4 Å². The molecule has 0 aliphatic carbocycles. The summed E-state index contributed by atoms with van der Waals surface area (Å²) in [6.07, 6.45) is 0. The summed E-state index contributed by atoms with van der Waals surface area (Å²) in [7, 11) is 0. The van der Waals surface area contributed by atoms with E-state index in [2.05, 4.69) is 16.0 Å². The standard InChI is InChI=1S/C16H16ClN3O2S/c17-12-4-3-11(15(21)19-9-10-7-18-8-10)6-13(12)20-16(22)14-2-1-5-23-14/h1-6,10,18H,7-9H2,(H,19,21)(H,20,22). The van der Waals surface area contributed by atoms with Crippen molar-refractivity contribution in [2.75, 3.05) is 25.0 Å². The zero-order chi connectivity index (χ0) is 16.2. The van der Waals surface area contributed by atoms with E-state index in [0.717, 1.165) is 13.1 Å². The second kappa shape index (κ2) is 7.12. The number of anilines is 1. The molecular formula is C16H16ClN3O2S. The van der Waals surface area contributed by atoms with Crippen LogP contribution in [0.3, 0.4) is 0 Å². The van der Waals surface area contributed by atoms with Crippen LogP contribution in [0.1, 0.15) is 20.0 Å². The van der Waals surface area contributed by atoms with E-state index in [1.165, 1.54) is 11.3 Å². The van der Waals surface area contributed by atoms with Gasteiger partial charge in [0.05, 0.1) is 15.6 Å². The molecule has 1 aromatic heterocycles. The predicted octanol–water partition coefficient (Wildman–Crippen LogP) is 2.60. The number of benzene rings is 1. The number of hydrogen-bond donors (Lipinski definition) is 3. The fourth-order valence-electron chi connectivity index (χ4n) is 2.19. The van der Waals surface area contributed by atoms with Crippen LogP contribution in [0, 0.1) is 5.92 Å². The number of thiophene rings is 1. The first-order valence-electron chi connectivity index (χ1n) is 7.27. The first-order valence-corrected chi connectivity index (χ1v) is 8.52. The van der Waals surface area contributed by atoms with Gasteiger partial charge in [-0.3, -0.25) is 9.59 Å². The monoisotopic (exact) mass is 349 g/mol. The molecule has 2 aromatic rings. The molecule has 120 valence electrons. The molecule has 0 unspecified atom stereocenters. The minimum absolute atomic E-state index is 0.166. The zero-order valence-corrected chi connectivity index (χ0v) is 13.8. The molecule has 7 heteroatoms. The van der Waals surface area contributed by atoms with Crippen LogP contribution in [0.15, 0.2) is 35.7 Å². The second-order valence-corrected chi connectivity index (χ2v) is 6.72. The highest BCUT2D eigenvalue weighted by Crippen LogP contribution is 2.24. The quantitative estimate of drug-likeness (QED) is 0.777. The van der Waals surface area contributed by atoms with Gasteiger partial charge in [-0.1, -0.05) is 17.7 Å². The molecule has 1 aliphatic heterocycles. The van der Waals surface area contributed by atoms with Crippen molar-refractivity contribution in [3.05, 3.63) is 51.2 Å². The number of carbonyl (C=O) groups excluding carboxylic acids is 2. The van der Waals surface area contributed by atoms with E-state index in [0.29, 0.717) is 33.6 Å². The van der Waals surface area contributed by atoms with Crippen LogP contribution >= 0.6 is 22.9 Å². The van der Waals surface area contributed by atoms with Crippen LogP contribution < -0.4 is 16.0 Å². The smallest absolute Gasteiger partial charge is 0.265 e. The normalized spacial score (nSPS) is 14.1. The molecule has 2 heterocycles. The van der Waals surface area contributed by atoms with Crippen molar-refractivity contribution in [1.29, 1.82) is 0 Å². The molecule has 0 bridgehead atoms. The average molecular weight is 350 g/mol. The van der Waals surface area contributed by atoms with Crippen molar-refractivity contribution in [3.63, 3.8) is 0 Å². The molecule has 0 spiro atoms. The van der Waals surface area contributed by atoms with Crippen LogP contribution in [0.2, 0.25) is 5.02 Å². The van der Waals surface area contributed by atoms with E-state index in [-0.39, 0.29) is 11.8 Å². The Balaban J connectivity index is 1.68. The molecular weight excluding hydrogens is 334 g/mol. The van der Waals surface area contributed by atoms with Gasteiger partial charge in [-0.15, -0.1) is 11.3 Å². The lowest BCUT2D eigenvalue weighted by atomic mass is 10.0. The second-order valence-electron chi connectivity index (χ2n) is 5.36. The van der Waals surface area contributed by atoms with Crippen molar-refractivity contribution in [3.8, 4) is 0 Å². The van der Waals surface area contributed by atoms with Gasteiger partial charge in [-0.05, 0) is 29.6 Å². The lowest BCUT2D eigenvalue weighted by Gasteiger charge is -2.27. The van der Waals surface area contributed by atoms with Gasteiger partial charge in [0.1, 0.15) is 0 Å². The molecule has 23 heavy (non-hydrogen) atoms. The molecule has 3 N–H and O–H groups in total. The summed E-state index contributed by atoms with van der Waals surface area (Å²) in [5.41, 5.74) is 0.909. The van der Waals surface area contributed by atoms with Crippen LogP contribution in [0.4, 0.5) is 5.69 Å². The molecule has 3 rings (SSSR count). The average Bonchev–Trinajstić information content (AvgIpc) is 3.02. The maximum Gasteiger partial charge on any atom is 0.265 e. The van der Waals surface area contributed by atoms with Gasteiger partial charge < -0.3 is 16.0 Å². The number of amides is 2. The van der Waals surface area contributed by atoms with Crippen LogP contribution in [0.5, 0.6) is 0 Å². The molecule has 1 aromatic carbocycles. The SMILES string of the molecule is O=C(NCC1CNC1)c1ccc(Cl)c(NC(=O)c2cccs2)c1. The topological polar surface area (TPSA) is 70.2 Å². The Labute approximate surface area is 143 Å². The van der Waals surface area contributed by atoms with E-state index in [4.69, 9.17) is 11.6 Å².